The Bertz CT molecular complexity index is 3790. The Balaban J connectivity index is 0.000000171. The Morgan fingerprint density at radius 2 is 0.595 bits per heavy atom. The molecule has 0 bridgehead atoms. The lowest BCUT2D eigenvalue weighted by molar-refractivity contribution is -0.683. The Kier molecular flexibility index (Phi) is 20.6. The SMILES string of the molecule is O=C(/C=C/c1cccc(/C=C/C(=O)c2ccccc2)c1)c1ccccc1.O=C(C[n+]1ccccc1)c1ccccc1.[Br-].c1ccc(-c2cc(-c3cccc(-c4cc(-c5ccccc5)nc(-c5ccccc5)c4)c3)cc(-c3ccccc3)n2)cc1. The standard InChI is InChI=1S/C40H28N2.C24H18O2.C13H12NO.BrH/c1-5-14-29(15-6-1)37-25-35(26-38(41-37)30-16-7-2-8-17-30)33-22-13-23-34(24-33)36-27-39(31-18-9-3-10-19-31)42-40(28-36)32-20-11-4-12-21-32;25-23(21-10-3-1-4-11-21)16-14-19-8-7-9-20(18-19)15-17-24(26)22-12-5-2-6-13-22;15-13(12-7-3-1-4-8-12)11-14-9-5-2-6-10-14;/h1-28H;1-18H;1-10H,11H2;1H/q;;+1;/p-1/b;16-14+,17-15+;;. The van der Waals surface area contributed by atoms with E-state index in [4.69, 9.17) is 9.97 Å². The summed E-state index contributed by atoms with van der Waals surface area (Å²) in [5.41, 5.74) is 16.7. The summed E-state index contributed by atoms with van der Waals surface area (Å²) in [5.74, 6) is 0.0587. The first-order chi connectivity index (χ1) is 40.9. The van der Waals surface area contributed by atoms with Crippen molar-refractivity contribution in [3.05, 3.63) is 356 Å². The lowest BCUT2D eigenvalue weighted by atomic mass is 9.95. The molecule has 0 saturated carbocycles. The number of halogens is 1. The number of allylic oxidation sites excluding steroid dienone is 2. The number of Topliss-reactive ketones (excluding diaryl/α,β-unsaturated/α-hetero) is 1. The van der Waals surface area contributed by atoms with Crippen molar-refractivity contribution in [1.29, 1.82) is 0 Å². The van der Waals surface area contributed by atoms with Gasteiger partial charge in [0.15, 0.2) is 24.0 Å². The van der Waals surface area contributed by atoms with Crippen LogP contribution in [0.1, 0.15) is 42.2 Å². The number of nitrogens with zero attached hydrogens (tertiary/aromatic N) is 3. The molecule has 0 aliphatic rings. The second-order valence-corrected chi connectivity index (χ2v) is 19.4. The van der Waals surface area contributed by atoms with Crippen LogP contribution in [0.15, 0.2) is 328 Å². The van der Waals surface area contributed by atoms with Crippen molar-refractivity contribution in [2.75, 3.05) is 0 Å². The number of carbonyl (C=O) groups is 3. The zero-order valence-electron chi connectivity index (χ0n) is 46.0. The molecule has 3 heterocycles. The highest BCUT2D eigenvalue weighted by Gasteiger charge is 2.14. The van der Waals surface area contributed by atoms with Crippen LogP contribution < -0.4 is 21.5 Å². The van der Waals surface area contributed by atoms with Crippen LogP contribution in [0.25, 0.3) is 79.4 Å². The molecule has 406 valence electrons. The van der Waals surface area contributed by atoms with Gasteiger partial charge in [0.05, 0.1) is 22.8 Å². The van der Waals surface area contributed by atoms with Crippen molar-refractivity contribution in [2.45, 2.75) is 6.54 Å². The molecule has 7 heteroatoms. The fourth-order valence-corrected chi connectivity index (χ4v) is 9.23. The molecule has 0 N–H and O–H groups in total. The van der Waals surface area contributed by atoms with Gasteiger partial charge in [-0.25, -0.2) is 9.97 Å². The summed E-state index contributed by atoms with van der Waals surface area (Å²) in [4.78, 5) is 46.2. The minimum Gasteiger partial charge on any atom is -1.00 e. The number of carbonyl (C=O) groups excluding carboxylic acids is 3. The average molecular weight is 1150 g/mol. The van der Waals surface area contributed by atoms with Crippen molar-refractivity contribution in [3.8, 4) is 67.3 Å². The number of hydrogen-bond acceptors (Lipinski definition) is 5. The molecule has 3 aromatic heterocycles. The summed E-state index contributed by atoms with van der Waals surface area (Å²) in [6, 6.07) is 100. The van der Waals surface area contributed by atoms with Crippen LogP contribution in [0.4, 0.5) is 0 Å². The minimum absolute atomic E-state index is 0. The van der Waals surface area contributed by atoms with Crippen LogP contribution in [0.2, 0.25) is 0 Å². The molecule has 6 nitrogen and oxygen atoms in total. The van der Waals surface area contributed by atoms with Crippen LogP contribution >= 0.6 is 0 Å². The van der Waals surface area contributed by atoms with E-state index >= 15 is 0 Å². The first-order valence-corrected chi connectivity index (χ1v) is 27.4. The normalized spacial score (nSPS) is 10.6. The third kappa shape index (κ3) is 16.3. The van der Waals surface area contributed by atoms with Crippen LogP contribution in [0.5, 0.6) is 0 Å². The smallest absolute Gasteiger partial charge is 0.227 e. The molecule has 0 saturated heterocycles. The zero-order valence-corrected chi connectivity index (χ0v) is 47.6. The molecule has 9 aromatic carbocycles. The van der Waals surface area contributed by atoms with Gasteiger partial charge in [0.2, 0.25) is 12.3 Å². The fraction of sp³-hybridized carbons (Fsp3) is 0.0130. The largest absolute Gasteiger partial charge is 1.00 e. The molecular weight excluding hydrogens is 1090 g/mol. The minimum atomic E-state index is -0.0363. The summed E-state index contributed by atoms with van der Waals surface area (Å²) in [5, 5.41) is 0. The first kappa shape index (κ1) is 58.1. The fourth-order valence-electron chi connectivity index (χ4n) is 9.23. The van der Waals surface area contributed by atoms with E-state index in [9.17, 15) is 14.4 Å². The third-order valence-electron chi connectivity index (χ3n) is 13.5. The average Bonchev–Trinajstić information content (AvgIpc) is 3.76. The molecule has 12 rings (SSSR count). The van der Waals surface area contributed by atoms with Crippen molar-refractivity contribution < 1.29 is 35.9 Å². The third-order valence-corrected chi connectivity index (χ3v) is 13.5. The Hall–Kier alpha value is -10.6. The molecule has 0 unspecified atom stereocenters. The summed E-state index contributed by atoms with van der Waals surface area (Å²) >= 11 is 0. The van der Waals surface area contributed by atoms with Gasteiger partial charge >= 0.3 is 0 Å². The predicted molar refractivity (Wildman–Crippen MR) is 338 cm³/mol. The maximum Gasteiger partial charge on any atom is 0.227 e. The van der Waals surface area contributed by atoms with Crippen LogP contribution in [-0.2, 0) is 6.54 Å². The van der Waals surface area contributed by atoms with Crippen LogP contribution in [-0.4, -0.2) is 27.3 Å². The molecule has 12 aromatic rings. The second kappa shape index (κ2) is 29.7. The van der Waals surface area contributed by atoms with Crippen molar-refractivity contribution in [2.24, 2.45) is 0 Å². The number of ketones is 3. The van der Waals surface area contributed by atoms with Gasteiger partial charge in [0, 0.05) is 51.1 Å². The zero-order chi connectivity index (χ0) is 56.8. The van der Waals surface area contributed by atoms with Gasteiger partial charge in [0.1, 0.15) is 0 Å². The van der Waals surface area contributed by atoms with Gasteiger partial charge in [-0.3, -0.25) is 14.4 Å². The molecular formula is C77H58BrN3O3. The molecule has 0 aliphatic carbocycles. The highest BCUT2D eigenvalue weighted by Crippen LogP contribution is 2.35. The number of aromatic nitrogens is 3. The van der Waals surface area contributed by atoms with E-state index in [2.05, 4.69) is 146 Å². The maximum atomic E-state index is 12.1. The van der Waals surface area contributed by atoms with Gasteiger partial charge in [-0.15, -0.1) is 0 Å². The summed E-state index contributed by atoms with van der Waals surface area (Å²) in [6.07, 6.45) is 10.5. The van der Waals surface area contributed by atoms with Crippen molar-refractivity contribution in [3.63, 3.8) is 0 Å². The number of hydrogen-bond donors (Lipinski definition) is 0. The van der Waals surface area contributed by atoms with E-state index in [0.717, 1.165) is 84.0 Å². The molecule has 84 heavy (non-hydrogen) atoms. The van der Waals surface area contributed by atoms with E-state index in [1.807, 2.05) is 150 Å². The molecule has 0 radical (unpaired) electrons. The molecule has 0 fully saturated rings. The van der Waals surface area contributed by atoms with E-state index < -0.39 is 0 Å². The highest BCUT2D eigenvalue weighted by molar-refractivity contribution is 6.07. The summed E-state index contributed by atoms with van der Waals surface area (Å²) in [7, 11) is 0. The molecule has 0 aliphatic heterocycles. The maximum absolute atomic E-state index is 12.1. The van der Waals surface area contributed by atoms with E-state index in [1.54, 1.807) is 48.6 Å². The van der Waals surface area contributed by atoms with Crippen molar-refractivity contribution in [1.82, 2.24) is 9.97 Å². The van der Waals surface area contributed by atoms with Gasteiger partial charge < -0.3 is 17.0 Å². The van der Waals surface area contributed by atoms with Crippen molar-refractivity contribution >= 4 is 29.5 Å². The van der Waals surface area contributed by atoms with Gasteiger partial charge in [-0.1, -0.05) is 267 Å². The number of benzene rings is 9. The van der Waals surface area contributed by atoms with Crippen LogP contribution in [0, 0.1) is 0 Å². The topological polar surface area (TPSA) is 80.9 Å². The first-order valence-electron chi connectivity index (χ1n) is 27.4. The number of rotatable bonds is 15. The summed E-state index contributed by atoms with van der Waals surface area (Å²) in [6.45, 7) is 0.394. The lowest BCUT2D eigenvalue weighted by Gasteiger charge is -2.13. The van der Waals surface area contributed by atoms with Gasteiger partial charge in [-0.2, -0.15) is 4.57 Å². The predicted octanol–water partition coefficient (Wildman–Crippen LogP) is 14.8. The quantitative estimate of drug-likeness (QED) is 0.0580. The van der Waals surface area contributed by atoms with Gasteiger partial charge in [-0.05, 0) is 81.9 Å². The molecule has 0 spiro atoms. The molecule has 0 atom stereocenters. The van der Waals surface area contributed by atoms with E-state index in [-0.39, 0.29) is 34.3 Å². The van der Waals surface area contributed by atoms with E-state index in [0.29, 0.717) is 17.7 Å². The monoisotopic (exact) mass is 1150 g/mol. The lowest BCUT2D eigenvalue weighted by Crippen LogP contribution is -3.00. The number of pyridine rings is 3. The highest BCUT2D eigenvalue weighted by atomic mass is 79.9. The Morgan fingerprint density at radius 3 is 0.952 bits per heavy atom. The summed E-state index contributed by atoms with van der Waals surface area (Å²) < 4.78 is 1.87. The van der Waals surface area contributed by atoms with Gasteiger partial charge in [0.25, 0.3) is 0 Å². The molecule has 0 amide bonds. The second-order valence-electron chi connectivity index (χ2n) is 19.4. The Labute approximate surface area is 501 Å². The Morgan fingerprint density at radius 1 is 0.298 bits per heavy atom. The van der Waals surface area contributed by atoms with E-state index in [1.165, 1.54) is 0 Å². The van der Waals surface area contributed by atoms with Crippen LogP contribution in [0.3, 0.4) is 0 Å².